The van der Waals surface area contributed by atoms with Crippen molar-refractivity contribution in [1.29, 1.82) is 0 Å². The molecular weight excluding hydrogens is 158 g/mol. The Kier molecular flexibility index (Phi) is 4.24. The van der Waals surface area contributed by atoms with Gasteiger partial charge in [-0.25, -0.2) is 0 Å². The molecule has 1 heteroatoms. The van der Waals surface area contributed by atoms with Crippen LogP contribution in [0, 0.1) is 5.92 Å². The predicted molar refractivity (Wildman–Crippen MR) is 58.7 cm³/mol. The molecule has 78 valence electrons. The molecule has 1 saturated carbocycles. The van der Waals surface area contributed by atoms with Gasteiger partial charge >= 0.3 is 0 Å². The van der Waals surface area contributed by atoms with Crippen molar-refractivity contribution >= 4 is 0 Å². The second-order valence-electron chi connectivity index (χ2n) is 5.21. The molecule has 0 saturated heterocycles. The zero-order valence-corrected chi connectivity index (χ0v) is 9.31. The Hall–Kier alpha value is -0.0400. The minimum atomic E-state index is 0.195. The van der Waals surface area contributed by atoms with Gasteiger partial charge in [0, 0.05) is 5.54 Å². The summed E-state index contributed by atoms with van der Waals surface area (Å²) in [6, 6.07) is 0. The molecule has 1 nitrogen and oxygen atoms in total. The van der Waals surface area contributed by atoms with Gasteiger partial charge in [-0.05, 0) is 31.6 Å². The van der Waals surface area contributed by atoms with Crippen LogP contribution in [0.25, 0.3) is 0 Å². The zero-order chi connectivity index (χ0) is 9.73. The van der Waals surface area contributed by atoms with E-state index in [2.05, 4.69) is 13.8 Å². The van der Waals surface area contributed by atoms with Gasteiger partial charge in [-0.2, -0.15) is 0 Å². The Morgan fingerprint density at radius 2 is 1.62 bits per heavy atom. The van der Waals surface area contributed by atoms with E-state index in [4.69, 9.17) is 5.73 Å². The largest absolute Gasteiger partial charge is 0.325 e. The summed E-state index contributed by atoms with van der Waals surface area (Å²) >= 11 is 0. The predicted octanol–water partition coefficient (Wildman–Crippen LogP) is 3.47. The number of nitrogens with two attached hydrogens (primary N) is 1. The van der Waals surface area contributed by atoms with Crippen LogP contribution in [-0.4, -0.2) is 5.54 Å². The molecule has 0 amide bonds. The molecule has 0 bridgehead atoms. The minimum Gasteiger partial charge on any atom is -0.325 e. The fourth-order valence-electron chi connectivity index (χ4n) is 2.26. The summed E-state index contributed by atoms with van der Waals surface area (Å²) in [5, 5.41) is 0. The highest BCUT2D eigenvalue weighted by atomic mass is 14.7. The van der Waals surface area contributed by atoms with Crippen molar-refractivity contribution in [3.05, 3.63) is 0 Å². The van der Waals surface area contributed by atoms with Gasteiger partial charge in [0.05, 0.1) is 0 Å². The number of hydrogen-bond donors (Lipinski definition) is 1. The molecule has 1 aliphatic carbocycles. The summed E-state index contributed by atoms with van der Waals surface area (Å²) < 4.78 is 0. The van der Waals surface area contributed by atoms with E-state index in [0.29, 0.717) is 0 Å². The molecule has 1 rings (SSSR count). The van der Waals surface area contributed by atoms with Crippen LogP contribution in [0.2, 0.25) is 0 Å². The Morgan fingerprint density at radius 3 is 2.08 bits per heavy atom. The molecule has 1 aliphatic rings. The van der Waals surface area contributed by atoms with E-state index in [-0.39, 0.29) is 5.54 Å². The molecule has 0 aliphatic heterocycles. The standard InChI is InChI=1S/C12H25N/c1-11(2)7-10-12(13)8-5-3-4-6-9-12/h11H,3-10,13H2,1-2H3. The van der Waals surface area contributed by atoms with Crippen LogP contribution in [0.3, 0.4) is 0 Å². The van der Waals surface area contributed by atoms with E-state index in [1.807, 2.05) is 0 Å². The van der Waals surface area contributed by atoms with Crippen LogP contribution in [-0.2, 0) is 0 Å². The smallest absolute Gasteiger partial charge is 0.0154 e. The minimum absolute atomic E-state index is 0.195. The van der Waals surface area contributed by atoms with Gasteiger partial charge in [-0.1, -0.05) is 39.5 Å². The highest BCUT2D eigenvalue weighted by Gasteiger charge is 2.25. The van der Waals surface area contributed by atoms with Gasteiger partial charge in [0.25, 0.3) is 0 Å². The second-order valence-corrected chi connectivity index (χ2v) is 5.21. The van der Waals surface area contributed by atoms with E-state index in [1.54, 1.807) is 0 Å². The molecule has 0 heterocycles. The molecule has 0 aromatic heterocycles. The third-order valence-electron chi connectivity index (χ3n) is 3.32. The lowest BCUT2D eigenvalue weighted by atomic mass is 9.85. The van der Waals surface area contributed by atoms with Crippen LogP contribution >= 0.6 is 0 Å². The van der Waals surface area contributed by atoms with Crippen molar-refractivity contribution < 1.29 is 0 Å². The van der Waals surface area contributed by atoms with E-state index in [9.17, 15) is 0 Å². The summed E-state index contributed by atoms with van der Waals surface area (Å²) in [6.07, 6.45) is 10.6. The number of rotatable bonds is 3. The Labute approximate surface area is 83.1 Å². The maximum atomic E-state index is 6.41. The zero-order valence-electron chi connectivity index (χ0n) is 9.31. The molecule has 13 heavy (non-hydrogen) atoms. The van der Waals surface area contributed by atoms with Crippen LogP contribution in [0.4, 0.5) is 0 Å². The number of hydrogen-bond acceptors (Lipinski definition) is 1. The lowest BCUT2D eigenvalue weighted by molar-refractivity contribution is 0.318. The monoisotopic (exact) mass is 183 g/mol. The maximum Gasteiger partial charge on any atom is 0.0154 e. The molecule has 0 spiro atoms. The van der Waals surface area contributed by atoms with E-state index < -0.39 is 0 Å². The van der Waals surface area contributed by atoms with E-state index in [0.717, 1.165) is 5.92 Å². The summed E-state index contributed by atoms with van der Waals surface area (Å²) in [6.45, 7) is 4.58. The average molecular weight is 183 g/mol. The van der Waals surface area contributed by atoms with Gasteiger partial charge < -0.3 is 5.73 Å². The van der Waals surface area contributed by atoms with Crippen LogP contribution in [0.1, 0.15) is 65.2 Å². The van der Waals surface area contributed by atoms with Gasteiger partial charge in [0.2, 0.25) is 0 Å². The highest BCUT2D eigenvalue weighted by Crippen LogP contribution is 2.29. The normalized spacial score (nSPS) is 23.1. The maximum absolute atomic E-state index is 6.41. The second kappa shape index (κ2) is 4.99. The first-order valence-electron chi connectivity index (χ1n) is 5.91. The van der Waals surface area contributed by atoms with Crippen molar-refractivity contribution in [2.45, 2.75) is 70.8 Å². The van der Waals surface area contributed by atoms with E-state index >= 15 is 0 Å². The SMILES string of the molecule is CC(C)CCC1(N)CCCCCC1. The lowest BCUT2D eigenvalue weighted by Crippen LogP contribution is -2.39. The van der Waals surface area contributed by atoms with Crippen molar-refractivity contribution in [3.8, 4) is 0 Å². The summed E-state index contributed by atoms with van der Waals surface area (Å²) in [5.41, 5.74) is 6.60. The Bertz CT molecular complexity index is 132. The molecule has 0 atom stereocenters. The average Bonchev–Trinajstić information content (AvgIpc) is 2.28. The lowest BCUT2D eigenvalue weighted by Gasteiger charge is -2.28. The molecular formula is C12H25N. The van der Waals surface area contributed by atoms with Gasteiger partial charge in [0.1, 0.15) is 0 Å². The quantitative estimate of drug-likeness (QED) is 0.666. The first-order chi connectivity index (χ1) is 6.12. The van der Waals surface area contributed by atoms with Gasteiger partial charge in [-0.3, -0.25) is 0 Å². The summed E-state index contributed by atoms with van der Waals surface area (Å²) in [5.74, 6) is 0.809. The summed E-state index contributed by atoms with van der Waals surface area (Å²) in [7, 11) is 0. The van der Waals surface area contributed by atoms with Crippen molar-refractivity contribution in [3.63, 3.8) is 0 Å². The third kappa shape index (κ3) is 4.12. The molecule has 0 aromatic rings. The Balaban J connectivity index is 2.33. The molecule has 0 unspecified atom stereocenters. The van der Waals surface area contributed by atoms with Crippen molar-refractivity contribution in [2.24, 2.45) is 11.7 Å². The third-order valence-corrected chi connectivity index (χ3v) is 3.32. The van der Waals surface area contributed by atoms with Crippen LogP contribution < -0.4 is 5.73 Å². The Morgan fingerprint density at radius 1 is 1.08 bits per heavy atom. The molecule has 0 radical (unpaired) electrons. The van der Waals surface area contributed by atoms with Crippen LogP contribution in [0.15, 0.2) is 0 Å². The molecule has 2 N–H and O–H groups in total. The first-order valence-corrected chi connectivity index (χ1v) is 5.91. The topological polar surface area (TPSA) is 26.0 Å². The molecule has 1 fully saturated rings. The first kappa shape index (κ1) is 11.0. The summed E-state index contributed by atoms with van der Waals surface area (Å²) in [4.78, 5) is 0. The molecule has 0 aromatic carbocycles. The van der Waals surface area contributed by atoms with E-state index in [1.165, 1.54) is 51.4 Å². The highest BCUT2D eigenvalue weighted by molar-refractivity contribution is 4.85. The van der Waals surface area contributed by atoms with Gasteiger partial charge in [-0.15, -0.1) is 0 Å². The van der Waals surface area contributed by atoms with Crippen molar-refractivity contribution in [2.75, 3.05) is 0 Å². The van der Waals surface area contributed by atoms with Crippen molar-refractivity contribution in [1.82, 2.24) is 0 Å². The van der Waals surface area contributed by atoms with Gasteiger partial charge in [0.15, 0.2) is 0 Å². The fourth-order valence-corrected chi connectivity index (χ4v) is 2.26. The van der Waals surface area contributed by atoms with Crippen LogP contribution in [0.5, 0.6) is 0 Å². The fraction of sp³-hybridized carbons (Fsp3) is 1.00.